The predicted molar refractivity (Wildman–Crippen MR) is 101 cm³/mol. The fraction of sp³-hybridized carbons (Fsp3) is 0.375. The van der Waals surface area contributed by atoms with Crippen LogP contribution in [-0.2, 0) is 4.18 Å². The molecule has 0 radical (unpaired) electrons. The highest BCUT2D eigenvalue weighted by molar-refractivity contribution is 7.98. The van der Waals surface area contributed by atoms with Crippen molar-refractivity contribution in [3.63, 3.8) is 0 Å². The van der Waals surface area contributed by atoms with E-state index in [1.54, 1.807) is 14.2 Å². The Hall–Kier alpha value is -1.68. The molecule has 1 amide bonds. The Morgan fingerprint density at radius 3 is 2.64 bits per heavy atom. The largest absolute Gasteiger partial charge is 0.370 e. The maximum Gasteiger partial charge on any atom is 0.300 e. The average Bonchev–Trinajstić information content (AvgIpc) is 3.34. The molecule has 1 aromatic heterocycles. The second kappa shape index (κ2) is 11.0. The third-order valence-corrected chi connectivity index (χ3v) is 4.58. The Morgan fingerprint density at radius 1 is 1.28 bits per heavy atom. The van der Waals surface area contributed by atoms with Crippen molar-refractivity contribution in [3.8, 4) is 0 Å². The van der Waals surface area contributed by atoms with Gasteiger partial charge in [0, 0.05) is 34.9 Å². The summed E-state index contributed by atoms with van der Waals surface area (Å²) in [7, 11) is 3.31. The van der Waals surface area contributed by atoms with Crippen LogP contribution >= 0.6 is 24.0 Å². The fourth-order valence-electron chi connectivity index (χ4n) is 1.97. The molecule has 1 saturated heterocycles. The Morgan fingerprint density at radius 2 is 2.04 bits per heavy atom. The lowest BCUT2D eigenvalue weighted by atomic mass is 10.4. The first-order valence-corrected chi connectivity index (χ1v) is 9.42. The number of benzene rings is 1. The van der Waals surface area contributed by atoms with Gasteiger partial charge in [-0.1, -0.05) is 11.2 Å². The average molecular weight is 383 g/mol. The van der Waals surface area contributed by atoms with Crippen LogP contribution in [0.25, 0.3) is 0 Å². The van der Waals surface area contributed by atoms with Crippen LogP contribution in [0.5, 0.6) is 0 Å². The van der Waals surface area contributed by atoms with Crippen molar-refractivity contribution in [1.29, 1.82) is 0 Å². The molecule has 0 bridgehead atoms. The van der Waals surface area contributed by atoms with Crippen LogP contribution in [-0.4, -0.2) is 38.3 Å². The Bertz CT molecular complexity index is 655. The molecule has 1 aliphatic heterocycles. The van der Waals surface area contributed by atoms with Crippen LogP contribution in [0.2, 0.25) is 0 Å². The van der Waals surface area contributed by atoms with Gasteiger partial charge in [-0.05, 0) is 56.1 Å². The van der Waals surface area contributed by atoms with E-state index in [4.69, 9.17) is 8.71 Å². The third kappa shape index (κ3) is 6.99. The molecule has 0 spiro atoms. The summed E-state index contributed by atoms with van der Waals surface area (Å²) in [6, 6.07) is 9.16. The van der Waals surface area contributed by atoms with E-state index in [0.29, 0.717) is 5.82 Å². The number of carbonyl (C=O) groups is 1. The molecule has 1 aliphatic rings. The van der Waals surface area contributed by atoms with Gasteiger partial charge in [-0.25, -0.2) is 0 Å². The maximum atomic E-state index is 11.8. The first kappa shape index (κ1) is 19.6. The Labute approximate surface area is 156 Å². The van der Waals surface area contributed by atoms with Gasteiger partial charge in [-0.15, -0.1) is 0 Å². The van der Waals surface area contributed by atoms with E-state index in [0.717, 1.165) is 9.79 Å². The van der Waals surface area contributed by atoms with Gasteiger partial charge in [0.15, 0.2) is 5.82 Å². The number of amides is 1. The highest BCUT2D eigenvalue weighted by Gasteiger charge is 2.12. The molecule has 3 N–H and O–H groups in total. The lowest BCUT2D eigenvalue weighted by molar-refractivity contribution is 0.0948. The summed E-state index contributed by atoms with van der Waals surface area (Å²) in [5.74, 6) is 0.330. The highest BCUT2D eigenvalue weighted by Crippen LogP contribution is 2.24. The quantitative estimate of drug-likeness (QED) is 0.519. The monoisotopic (exact) mass is 382 g/mol. The molecule has 9 heteroatoms. The fourth-order valence-corrected chi connectivity index (χ4v) is 3.19. The van der Waals surface area contributed by atoms with E-state index in [2.05, 4.69) is 20.5 Å². The second-order valence-electron chi connectivity index (χ2n) is 5.04. The van der Waals surface area contributed by atoms with Gasteiger partial charge in [0.05, 0.1) is 7.11 Å². The van der Waals surface area contributed by atoms with Crippen molar-refractivity contribution < 1.29 is 13.5 Å². The molecule has 2 aromatic rings. The molecule has 3 rings (SSSR count). The van der Waals surface area contributed by atoms with Crippen LogP contribution in [0.3, 0.4) is 0 Å². The summed E-state index contributed by atoms with van der Waals surface area (Å²) >= 11 is 2.47. The number of anilines is 1. The summed E-state index contributed by atoms with van der Waals surface area (Å²) in [5.41, 5.74) is 0. The smallest absolute Gasteiger partial charge is 0.300 e. The molecule has 1 aromatic carbocycles. The molecule has 136 valence electrons. The van der Waals surface area contributed by atoms with Gasteiger partial charge < -0.3 is 19.3 Å². The molecule has 2 heterocycles. The minimum absolute atomic E-state index is 0.157. The predicted octanol–water partition coefficient (Wildman–Crippen LogP) is 3.18. The number of nitrogens with zero attached hydrogens (tertiary/aromatic N) is 1. The van der Waals surface area contributed by atoms with Gasteiger partial charge in [0.25, 0.3) is 5.91 Å². The zero-order chi connectivity index (χ0) is 17.9. The van der Waals surface area contributed by atoms with Crippen molar-refractivity contribution in [1.82, 2.24) is 15.2 Å². The van der Waals surface area contributed by atoms with E-state index in [1.165, 1.54) is 56.0 Å². The van der Waals surface area contributed by atoms with E-state index in [1.807, 2.05) is 24.3 Å². The van der Waals surface area contributed by atoms with Gasteiger partial charge in [-0.2, -0.15) is 0 Å². The second-order valence-corrected chi connectivity index (χ2v) is 6.89. The summed E-state index contributed by atoms with van der Waals surface area (Å²) in [6.07, 6.45) is 2.78. The molecule has 25 heavy (non-hydrogen) atoms. The molecule has 0 aliphatic carbocycles. The lowest BCUT2D eigenvalue weighted by Crippen LogP contribution is -2.14. The van der Waals surface area contributed by atoms with Crippen molar-refractivity contribution in [2.24, 2.45) is 0 Å². The van der Waals surface area contributed by atoms with Crippen LogP contribution in [0.1, 0.15) is 23.4 Å². The van der Waals surface area contributed by atoms with Crippen LogP contribution in [0.15, 0.2) is 44.6 Å². The van der Waals surface area contributed by atoms with Crippen molar-refractivity contribution in [2.75, 3.05) is 32.6 Å². The maximum absolute atomic E-state index is 11.8. The summed E-state index contributed by atoms with van der Waals surface area (Å²) in [4.78, 5) is 13.7. The molecule has 0 unspecified atom stereocenters. The zero-order valence-corrected chi connectivity index (χ0v) is 15.8. The normalized spacial score (nSPS) is 13.0. The highest BCUT2D eigenvalue weighted by atomic mass is 32.2. The zero-order valence-electron chi connectivity index (χ0n) is 14.2. The van der Waals surface area contributed by atoms with Gasteiger partial charge in [-0.3, -0.25) is 9.52 Å². The number of aromatic nitrogens is 1. The van der Waals surface area contributed by atoms with Gasteiger partial charge in [0.2, 0.25) is 5.76 Å². The van der Waals surface area contributed by atoms with Crippen molar-refractivity contribution >= 4 is 35.7 Å². The Balaban J connectivity index is 0.000000386. The van der Waals surface area contributed by atoms with Crippen LogP contribution in [0, 0.1) is 0 Å². The summed E-state index contributed by atoms with van der Waals surface area (Å²) in [6.45, 7) is 2.50. The molecule has 7 nitrogen and oxygen atoms in total. The van der Waals surface area contributed by atoms with E-state index in [9.17, 15) is 4.79 Å². The SMILES string of the molecule is C1CCNC1.CNc1cc(C(=O)NSc2cccc(SOC)c2)on1. The summed E-state index contributed by atoms with van der Waals surface area (Å²) in [5, 5.41) is 9.68. The summed E-state index contributed by atoms with van der Waals surface area (Å²) < 4.78 is 12.6. The third-order valence-electron chi connectivity index (χ3n) is 3.19. The first-order valence-electron chi connectivity index (χ1n) is 7.86. The van der Waals surface area contributed by atoms with Crippen molar-refractivity contribution in [2.45, 2.75) is 22.6 Å². The topological polar surface area (TPSA) is 88.4 Å². The Kier molecular flexibility index (Phi) is 8.67. The number of hydrogen-bond donors (Lipinski definition) is 3. The molecule has 0 atom stereocenters. The lowest BCUT2D eigenvalue weighted by Gasteiger charge is -2.03. The molecule has 0 saturated carbocycles. The van der Waals surface area contributed by atoms with E-state index in [-0.39, 0.29) is 11.7 Å². The first-order chi connectivity index (χ1) is 12.2. The number of hydrogen-bond acceptors (Lipinski definition) is 8. The van der Waals surface area contributed by atoms with Gasteiger partial charge in [0.1, 0.15) is 0 Å². The standard InChI is InChI=1S/C12H13N3O3S2.C4H9N/c1-13-11-7-10(18-14-11)12(16)15-19-8-4-3-5-9(6-8)20-17-2;1-2-4-5-3-1/h3-7H,1-2H3,(H,13,14)(H,15,16);5H,1-4H2. The van der Waals surface area contributed by atoms with Gasteiger partial charge >= 0.3 is 0 Å². The van der Waals surface area contributed by atoms with E-state index >= 15 is 0 Å². The minimum atomic E-state index is -0.339. The number of carbonyl (C=O) groups excluding carboxylic acids is 1. The van der Waals surface area contributed by atoms with Crippen molar-refractivity contribution in [3.05, 3.63) is 36.1 Å². The molecular formula is C16H22N4O3S2. The van der Waals surface area contributed by atoms with E-state index < -0.39 is 0 Å². The van der Waals surface area contributed by atoms with Crippen LogP contribution < -0.4 is 15.4 Å². The number of nitrogens with one attached hydrogen (secondary N) is 3. The minimum Gasteiger partial charge on any atom is -0.370 e. The van der Waals surface area contributed by atoms with Crippen LogP contribution in [0.4, 0.5) is 5.82 Å². The molecular weight excluding hydrogens is 360 g/mol. The number of rotatable bonds is 6. The molecule has 1 fully saturated rings.